The molecule has 0 aliphatic heterocycles. The van der Waals surface area contributed by atoms with Gasteiger partial charge in [0.25, 0.3) is 0 Å². The van der Waals surface area contributed by atoms with E-state index in [9.17, 15) is 17.8 Å². The third kappa shape index (κ3) is 27.4. The van der Waals surface area contributed by atoms with Crippen LogP contribution in [0.5, 0.6) is 0 Å². The largest absolute Gasteiger partial charge is 0.726 e. The lowest BCUT2D eigenvalue weighted by Gasteiger charge is -2.33. The van der Waals surface area contributed by atoms with Gasteiger partial charge in [-0.1, -0.05) is 104 Å². The highest BCUT2D eigenvalue weighted by Gasteiger charge is 2.22. The van der Waals surface area contributed by atoms with Gasteiger partial charge >= 0.3 is 0 Å². The number of carbonyl (C=O) groups is 1. The van der Waals surface area contributed by atoms with Gasteiger partial charge in [-0.15, -0.1) is 0 Å². The van der Waals surface area contributed by atoms with Crippen LogP contribution in [-0.4, -0.2) is 57.8 Å². The second-order valence-electron chi connectivity index (χ2n) is 9.88. The van der Waals surface area contributed by atoms with Crippen LogP contribution in [0.15, 0.2) is 0 Å². The maximum atomic E-state index is 12.1. The van der Waals surface area contributed by atoms with E-state index in [0.717, 1.165) is 24.4 Å². The zero-order chi connectivity index (χ0) is 25.6. The number of rotatable bonds is 20. The molecule has 0 saturated carbocycles. The zero-order valence-electron chi connectivity index (χ0n) is 22.5. The first kappa shape index (κ1) is 34.5. The van der Waals surface area contributed by atoms with Crippen molar-refractivity contribution in [3.05, 3.63) is 0 Å². The van der Waals surface area contributed by atoms with Crippen molar-refractivity contribution in [3.63, 3.8) is 0 Å². The second kappa shape index (κ2) is 21.8. The van der Waals surface area contributed by atoms with E-state index in [2.05, 4.69) is 44.5 Å². The molecule has 0 spiro atoms. The van der Waals surface area contributed by atoms with Crippen molar-refractivity contribution in [1.29, 1.82) is 0 Å². The van der Waals surface area contributed by atoms with Crippen molar-refractivity contribution in [2.24, 2.45) is 0 Å². The van der Waals surface area contributed by atoms with Crippen LogP contribution < -0.4 is 5.32 Å². The summed E-state index contributed by atoms with van der Waals surface area (Å²) >= 11 is 0. The summed E-state index contributed by atoms with van der Waals surface area (Å²) in [7, 11) is 2.82. The predicted molar refractivity (Wildman–Crippen MR) is 137 cm³/mol. The minimum atomic E-state index is -4.41. The Labute approximate surface area is 205 Å². The van der Waals surface area contributed by atoms with Gasteiger partial charge < -0.3 is 14.4 Å². The number of carbonyl (C=O) groups excluding carboxylic acids is 1. The molecule has 7 nitrogen and oxygen atoms in total. The Kier molecular flexibility index (Phi) is 22.8. The van der Waals surface area contributed by atoms with Crippen molar-refractivity contribution < 1.29 is 26.4 Å². The average molecular weight is 495 g/mol. The molecule has 1 amide bonds. The number of nitrogens with one attached hydrogen (secondary N) is 1. The molecule has 200 valence electrons. The lowest BCUT2D eigenvalue weighted by molar-refractivity contribution is -0.898. The maximum absolute atomic E-state index is 12.1. The fraction of sp³-hybridized carbons (Fsp3) is 0.960. The molecule has 1 unspecified atom stereocenters. The predicted octanol–water partition coefficient (Wildman–Crippen LogP) is 5.90. The van der Waals surface area contributed by atoms with Gasteiger partial charge in [0.05, 0.1) is 28.3 Å². The van der Waals surface area contributed by atoms with E-state index < -0.39 is 10.4 Å². The molecule has 0 aromatic rings. The standard InChI is InChI=1S/C24H50N2O.CH4O4S/c1-6-8-9-10-11-12-13-14-15-16-17-18-19-20-21-22-24(27)25-23(7-2)26(3,4)5;1-5-6(2,3)4/h23H,6-22H2,1-5H3;1H3,(H,2,3,4). The Morgan fingerprint density at radius 3 is 1.39 bits per heavy atom. The number of hydrogen-bond acceptors (Lipinski definition) is 5. The SMILES string of the molecule is CCCCCCCCCCCCCCCCCC(=O)NC(CC)[N+](C)(C)C.COS(=O)(=O)[O-]. The van der Waals surface area contributed by atoms with E-state index >= 15 is 0 Å². The van der Waals surface area contributed by atoms with Gasteiger partial charge in [0.1, 0.15) is 0 Å². The smallest absolute Gasteiger partial charge is 0.224 e. The highest BCUT2D eigenvalue weighted by atomic mass is 32.3. The van der Waals surface area contributed by atoms with Gasteiger partial charge in [0.2, 0.25) is 16.3 Å². The summed E-state index contributed by atoms with van der Waals surface area (Å²) in [6.45, 7) is 4.42. The van der Waals surface area contributed by atoms with Crippen LogP contribution in [0.4, 0.5) is 0 Å². The van der Waals surface area contributed by atoms with Gasteiger partial charge in [-0.3, -0.25) is 8.98 Å². The van der Waals surface area contributed by atoms with Gasteiger partial charge in [0, 0.05) is 12.8 Å². The molecule has 0 saturated heterocycles. The Hall–Kier alpha value is -0.700. The topological polar surface area (TPSA) is 95.5 Å². The van der Waals surface area contributed by atoms with E-state index in [-0.39, 0.29) is 12.1 Å². The third-order valence-corrected chi connectivity index (χ3v) is 6.27. The summed E-state index contributed by atoms with van der Waals surface area (Å²) in [5.41, 5.74) is 0. The minimum Gasteiger partial charge on any atom is -0.726 e. The third-order valence-electron chi connectivity index (χ3n) is 5.86. The lowest BCUT2D eigenvalue weighted by atomic mass is 10.0. The molecular formula is C25H54N2O5S. The lowest BCUT2D eigenvalue weighted by Crippen LogP contribution is -2.54. The summed E-state index contributed by atoms with van der Waals surface area (Å²) in [5.74, 6) is 0.226. The Morgan fingerprint density at radius 1 is 0.788 bits per heavy atom. The fourth-order valence-corrected chi connectivity index (χ4v) is 3.76. The first-order valence-electron chi connectivity index (χ1n) is 13.1. The Morgan fingerprint density at radius 2 is 1.12 bits per heavy atom. The molecule has 0 rings (SSSR count). The number of nitrogens with zero attached hydrogens (tertiary/aromatic N) is 1. The molecule has 0 aliphatic carbocycles. The average Bonchev–Trinajstić information content (AvgIpc) is 2.73. The van der Waals surface area contributed by atoms with E-state index in [1.807, 2.05) is 0 Å². The molecule has 33 heavy (non-hydrogen) atoms. The van der Waals surface area contributed by atoms with Crippen LogP contribution in [0.25, 0.3) is 0 Å². The van der Waals surface area contributed by atoms with E-state index in [1.54, 1.807) is 0 Å². The summed E-state index contributed by atoms with van der Waals surface area (Å²) in [4.78, 5) is 12.1. The quantitative estimate of drug-likeness (QED) is 0.0747. The maximum Gasteiger partial charge on any atom is 0.224 e. The van der Waals surface area contributed by atoms with Crippen LogP contribution >= 0.6 is 0 Å². The van der Waals surface area contributed by atoms with Crippen molar-refractivity contribution in [2.45, 2.75) is 129 Å². The molecular weight excluding hydrogens is 440 g/mol. The normalized spacial score (nSPS) is 12.7. The highest BCUT2D eigenvalue weighted by Crippen LogP contribution is 2.14. The summed E-state index contributed by atoms with van der Waals surface area (Å²) in [5, 5.41) is 3.19. The van der Waals surface area contributed by atoms with Gasteiger partial charge in [-0.25, -0.2) is 8.42 Å². The molecule has 0 aromatic carbocycles. The number of hydrogen-bond donors (Lipinski definition) is 1. The highest BCUT2D eigenvalue weighted by molar-refractivity contribution is 7.80. The Bertz CT molecular complexity index is 547. The van der Waals surface area contributed by atoms with Crippen LogP contribution in [-0.2, 0) is 19.4 Å². The first-order chi connectivity index (χ1) is 15.5. The minimum absolute atomic E-state index is 0.226. The van der Waals surface area contributed by atoms with E-state index in [0.29, 0.717) is 6.42 Å². The van der Waals surface area contributed by atoms with Gasteiger partial charge in [0.15, 0.2) is 6.17 Å². The fourth-order valence-electron chi connectivity index (χ4n) is 3.76. The molecule has 0 bridgehead atoms. The van der Waals surface area contributed by atoms with Crippen molar-refractivity contribution >= 4 is 16.3 Å². The summed E-state index contributed by atoms with van der Waals surface area (Å²) in [6, 6.07) is 0. The van der Waals surface area contributed by atoms with E-state index in [1.165, 1.54) is 89.9 Å². The molecule has 0 fully saturated rings. The van der Waals surface area contributed by atoms with E-state index in [4.69, 9.17) is 0 Å². The van der Waals surface area contributed by atoms with Crippen molar-refractivity contribution in [3.8, 4) is 0 Å². The van der Waals surface area contributed by atoms with Crippen LogP contribution in [0.3, 0.4) is 0 Å². The van der Waals surface area contributed by atoms with Crippen molar-refractivity contribution in [2.75, 3.05) is 28.3 Å². The Balaban J connectivity index is 0. The van der Waals surface area contributed by atoms with Crippen molar-refractivity contribution in [1.82, 2.24) is 5.32 Å². The molecule has 0 aromatic heterocycles. The molecule has 0 heterocycles. The summed E-state index contributed by atoms with van der Waals surface area (Å²) in [6.07, 6.45) is 22.4. The zero-order valence-corrected chi connectivity index (χ0v) is 23.3. The molecule has 0 radical (unpaired) electrons. The molecule has 0 aliphatic rings. The number of quaternary nitrogens is 1. The second-order valence-corrected chi connectivity index (χ2v) is 11.0. The van der Waals surface area contributed by atoms with Gasteiger partial charge in [-0.05, 0) is 6.42 Å². The van der Waals surface area contributed by atoms with Crippen LogP contribution in [0.2, 0.25) is 0 Å². The summed E-state index contributed by atoms with van der Waals surface area (Å²) < 4.78 is 31.8. The molecule has 1 N–H and O–H groups in total. The number of amides is 1. The first-order valence-corrected chi connectivity index (χ1v) is 14.4. The van der Waals surface area contributed by atoms with Crippen LogP contribution in [0.1, 0.15) is 123 Å². The molecule has 8 heteroatoms. The van der Waals surface area contributed by atoms with Gasteiger partial charge in [-0.2, -0.15) is 0 Å². The van der Waals surface area contributed by atoms with Crippen LogP contribution in [0, 0.1) is 0 Å². The monoisotopic (exact) mass is 494 g/mol. The number of unbranched alkanes of at least 4 members (excludes halogenated alkanes) is 14. The molecule has 1 atom stereocenters.